The quantitative estimate of drug-likeness (QED) is 0.761. The smallest absolute Gasteiger partial charge is 0.407 e. The lowest BCUT2D eigenvalue weighted by Crippen LogP contribution is -2.50. The van der Waals surface area contributed by atoms with Crippen LogP contribution in [0.1, 0.15) is 6.42 Å². The van der Waals surface area contributed by atoms with Crippen LogP contribution in [0.15, 0.2) is 0 Å². The standard InChI is InChI=1S/C8H13F2NO5S/c1-17(14,15)16-4-6-2-8(9,10)5-11(3-6)7(12)13/h6H,2-5H2,1H3,(H,12,13). The maximum absolute atomic E-state index is 13.2. The highest BCUT2D eigenvalue weighted by molar-refractivity contribution is 7.85. The minimum atomic E-state index is -3.71. The molecule has 1 fully saturated rings. The van der Waals surface area contributed by atoms with E-state index >= 15 is 0 Å². The van der Waals surface area contributed by atoms with E-state index in [4.69, 9.17) is 5.11 Å². The number of rotatable bonds is 3. The van der Waals surface area contributed by atoms with E-state index in [1.807, 2.05) is 0 Å². The van der Waals surface area contributed by atoms with Gasteiger partial charge in [-0.15, -0.1) is 0 Å². The molecule has 17 heavy (non-hydrogen) atoms. The van der Waals surface area contributed by atoms with Crippen molar-refractivity contribution in [2.75, 3.05) is 26.0 Å². The average Bonchev–Trinajstić information content (AvgIpc) is 2.11. The summed E-state index contributed by atoms with van der Waals surface area (Å²) in [5.41, 5.74) is 0. The van der Waals surface area contributed by atoms with Crippen molar-refractivity contribution in [1.82, 2.24) is 4.90 Å². The van der Waals surface area contributed by atoms with Crippen molar-refractivity contribution in [2.45, 2.75) is 12.3 Å². The highest BCUT2D eigenvalue weighted by Gasteiger charge is 2.42. The van der Waals surface area contributed by atoms with Crippen molar-refractivity contribution < 1.29 is 31.3 Å². The number of carboxylic acid groups (broad SMARTS) is 1. The van der Waals surface area contributed by atoms with Gasteiger partial charge in [-0.25, -0.2) is 13.6 Å². The van der Waals surface area contributed by atoms with Crippen LogP contribution < -0.4 is 0 Å². The molecule has 1 amide bonds. The molecule has 1 saturated heterocycles. The van der Waals surface area contributed by atoms with Gasteiger partial charge in [0.1, 0.15) is 0 Å². The lowest BCUT2D eigenvalue weighted by Gasteiger charge is -2.35. The molecule has 1 N–H and O–H groups in total. The molecule has 0 aliphatic carbocycles. The van der Waals surface area contributed by atoms with E-state index in [1.54, 1.807) is 0 Å². The molecule has 0 spiro atoms. The molecule has 1 atom stereocenters. The van der Waals surface area contributed by atoms with E-state index in [9.17, 15) is 22.0 Å². The minimum absolute atomic E-state index is 0.152. The van der Waals surface area contributed by atoms with Gasteiger partial charge in [-0.05, 0) is 0 Å². The predicted octanol–water partition coefficient (Wildman–Crippen LogP) is 0.598. The Morgan fingerprint density at radius 3 is 2.65 bits per heavy atom. The second kappa shape index (κ2) is 4.73. The highest BCUT2D eigenvalue weighted by Crippen LogP contribution is 2.30. The van der Waals surface area contributed by atoms with Crippen LogP contribution >= 0.6 is 0 Å². The van der Waals surface area contributed by atoms with Crippen LogP contribution in [-0.4, -0.2) is 56.4 Å². The Balaban J connectivity index is 2.64. The van der Waals surface area contributed by atoms with Crippen molar-refractivity contribution in [3.63, 3.8) is 0 Å². The zero-order valence-electron chi connectivity index (χ0n) is 9.10. The zero-order valence-corrected chi connectivity index (χ0v) is 9.91. The minimum Gasteiger partial charge on any atom is -0.465 e. The molecular weight excluding hydrogens is 260 g/mol. The number of nitrogens with zero attached hydrogens (tertiary/aromatic N) is 1. The van der Waals surface area contributed by atoms with Crippen LogP contribution in [0.25, 0.3) is 0 Å². The number of hydrogen-bond donors (Lipinski definition) is 1. The molecule has 0 aromatic heterocycles. The summed E-state index contributed by atoms with van der Waals surface area (Å²) in [6.45, 7) is -1.45. The second-order valence-electron chi connectivity index (χ2n) is 4.08. The third kappa shape index (κ3) is 4.82. The molecule has 0 saturated carbocycles. The van der Waals surface area contributed by atoms with Gasteiger partial charge in [-0.3, -0.25) is 4.18 Å². The summed E-state index contributed by atoms with van der Waals surface area (Å²) < 4.78 is 52.2. The molecule has 100 valence electrons. The monoisotopic (exact) mass is 273 g/mol. The Bertz CT molecular complexity index is 397. The fourth-order valence-corrected chi connectivity index (χ4v) is 2.12. The first kappa shape index (κ1) is 14.1. The summed E-state index contributed by atoms with van der Waals surface area (Å²) in [6, 6.07) is 0. The first-order valence-electron chi connectivity index (χ1n) is 4.79. The lowest BCUT2D eigenvalue weighted by atomic mass is 9.96. The van der Waals surface area contributed by atoms with E-state index in [1.165, 1.54) is 0 Å². The molecular formula is C8H13F2NO5S. The Morgan fingerprint density at radius 2 is 2.18 bits per heavy atom. The van der Waals surface area contributed by atoms with Gasteiger partial charge in [0.15, 0.2) is 0 Å². The Labute approximate surface area is 97.3 Å². The van der Waals surface area contributed by atoms with Crippen molar-refractivity contribution >= 4 is 16.2 Å². The van der Waals surface area contributed by atoms with Gasteiger partial charge in [0.25, 0.3) is 16.0 Å². The summed E-state index contributed by atoms with van der Waals surface area (Å²) in [4.78, 5) is 11.2. The fraction of sp³-hybridized carbons (Fsp3) is 0.875. The lowest BCUT2D eigenvalue weighted by molar-refractivity contribution is -0.0826. The summed E-state index contributed by atoms with van der Waals surface area (Å²) >= 11 is 0. The fourth-order valence-electron chi connectivity index (χ4n) is 1.68. The van der Waals surface area contributed by atoms with Crippen molar-refractivity contribution in [2.24, 2.45) is 5.92 Å². The number of halogens is 2. The number of piperidine rings is 1. The van der Waals surface area contributed by atoms with Gasteiger partial charge in [-0.1, -0.05) is 0 Å². The van der Waals surface area contributed by atoms with Crippen LogP contribution in [0.3, 0.4) is 0 Å². The summed E-state index contributed by atoms with van der Waals surface area (Å²) in [5.74, 6) is -3.98. The molecule has 1 heterocycles. The van der Waals surface area contributed by atoms with Crippen molar-refractivity contribution in [3.8, 4) is 0 Å². The molecule has 6 nitrogen and oxygen atoms in total. The molecule has 1 aliphatic heterocycles. The largest absolute Gasteiger partial charge is 0.465 e. The van der Waals surface area contributed by atoms with Crippen molar-refractivity contribution in [3.05, 3.63) is 0 Å². The normalized spacial score (nSPS) is 24.6. The molecule has 9 heteroatoms. The molecule has 0 bridgehead atoms. The maximum Gasteiger partial charge on any atom is 0.407 e. The van der Waals surface area contributed by atoms with Crippen LogP contribution in [0.2, 0.25) is 0 Å². The van der Waals surface area contributed by atoms with Gasteiger partial charge < -0.3 is 10.0 Å². The van der Waals surface area contributed by atoms with E-state index in [0.29, 0.717) is 4.90 Å². The highest BCUT2D eigenvalue weighted by atomic mass is 32.2. The van der Waals surface area contributed by atoms with E-state index in [-0.39, 0.29) is 6.54 Å². The summed E-state index contributed by atoms with van der Waals surface area (Å²) in [6.07, 6.45) is -1.22. The number of likely N-dealkylation sites (tertiary alicyclic amines) is 1. The molecule has 1 aliphatic rings. The average molecular weight is 273 g/mol. The van der Waals surface area contributed by atoms with Crippen LogP contribution in [0.5, 0.6) is 0 Å². The molecule has 0 aromatic rings. The Morgan fingerprint density at radius 1 is 1.59 bits per heavy atom. The predicted molar refractivity (Wildman–Crippen MR) is 53.4 cm³/mol. The van der Waals surface area contributed by atoms with E-state index in [0.717, 1.165) is 6.26 Å². The molecule has 0 aromatic carbocycles. The Hall–Kier alpha value is -0.960. The number of hydrogen-bond acceptors (Lipinski definition) is 4. The second-order valence-corrected chi connectivity index (χ2v) is 5.72. The molecule has 0 radical (unpaired) electrons. The number of amides is 1. The summed E-state index contributed by atoms with van der Waals surface area (Å²) in [7, 11) is -3.71. The zero-order chi connectivity index (χ0) is 13.3. The van der Waals surface area contributed by atoms with Gasteiger partial charge in [-0.2, -0.15) is 8.42 Å². The van der Waals surface area contributed by atoms with Gasteiger partial charge in [0.05, 0.1) is 19.4 Å². The van der Waals surface area contributed by atoms with E-state index in [2.05, 4.69) is 4.18 Å². The van der Waals surface area contributed by atoms with Gasteiger partial charge in [0, 0.05) is 18.9 Å². The first-order valence-corrected chi connectivity index (χ1v) is 6.61. The number of alkyl halides is 2. The topological polar surface area (TPSA) is 83.9 Å². The molecule has 1 unspecified atom stereocenters. The third-order valence-corrected chi connectivity index (χ3v) is 2.84. The van der Waals surface area contributed by atoms with Gasteiger partial charge >= 0.3 is 6.09 Å². The van der Waals surface area contributed by atoms with Crippen LogP contribution in [-0.2, 0) is 14.3 Å². The number of carbonyl (C=O) groups is 1. The third-order valence-electron chi connectivity index (χ3n) is 2.28. The Kier molecular flexibility index (Phi) is 3.92. The SMILES string of the molecule is CS(=O)(=O)OCC1CN(C(=O)O)CC(F)(F)C1. The maximum atomic E-state index is 13.2. The van der Waals surface area contributed by atoms with Gasteiger partial charge in [0.2, 0.25) is 0 Å². The van der Waals surface area contributed by atoms with Crippen molar-refractivity contribution in [1.29, 1.82) is 0 Å². The van der Waals surface area contributed by atoms with Crippen LogP contribution in [0, 0.1) is 5.92 Å². The van der Waals surface area contributed by atoms with E-state index < -0.39 is 47.6 Å². The van der Waals surface area contributed by atoms with Crippen LogP contribution in [0.4, 0.5) is 13.6 Å². The molecule has 1 rings (SSSR count). The summed E-state index contributed by atoms with van der Waals surface area (Å²) in [5, 5.41) is 8.65. The first-order chi connectivity index (χ1) is 7.59.